The number of thiazole rings is 1. The van der Waals surface area contributed by atoms with Gasteiger partial charge >= 0.3 is 0 Å². The summed E-state index contributed by atoms with van der Waals surface area (Å²) in [5, 5.41) is 4.22. The lowest BCUT2D eigenvalue weighted by molar-refractivity contribution is 0.306. The predicted molar refractivity (Wildman–Crippen MR) is 108 cm³/mol. The van der Waals surface area contributed by atoms with Gasteiger partial charge in [0.15, 0.2) is 5.13 Å². The second-order valence-electron chi connectivity index (χ2n) is 5.82. The number of benzene rings is 3. The van der Waals surface area contributed by atoms with Crippen LogP contribution in [-0.2, 0) is 6.61 Å². The maximum absolute atomic E-state index is 5.82. The molecule has 0 spiro atoms. The first-order chi connectivity index (χ1) is 12.9. The molecule has 0 aliphatic rings. The molecule has 0 saturated carbocycles. The van der Waals surface area contributed by atoms with Gasteiger partial charge in [0.05, 0.1) is 4.88 Å². The Bertz CT molecular complexity index is 950. The summed E-state index contributed by atoms with van der Waals surface area (Å²) in [6, 6.07) is 28.4. The van der Waals surface area contributed by atoms with Gasteiger partial charge in [-0.15, -0.1) is 0 Å². The highest BCUT2D eigenvalue weighted by atomic mass is 32.1. The molecule has 0 unspecified atom stereocenters. The van der Waals surface area contributed by atoms with E-state index in [0.717, 1.165) is 27.0 Å². The molecule has 1 aromatic heterocycles. The van der Waals surface area contributed by atoms with E-state index < -0.39 is 0 Å². The van der Waals surface area contributed by atoms with Gasteiger partial charge in [0.1, 0.15) is 12.4 Å². The van der Waals surface area contributed by atoms with Crippen LogP contribution in [0.1, 0.15) is 5.56 Å². The second-order valence-corrected chi connectivity index (χ2v) is 6.85. The molecule has 3 nitrogen and oxygen atoms in total. The molecular formula is C22H18N2OS. The highest BCUT2D eigenvalue weighted by molar-refractivity contribution is 7.18. The lowest BCUT2D eigenvalue weighted by Gasteiger charge is -2.07. The average Bonchev–Trinajstić information content (AvgIpc) is 3.17. The first-order valence-electron chi connectivity index (χ1n) is 8.42. The molecule has 4 aromatic rings. The molecule has 1 N–H and O–H groups in total. The van der Waals surface area contributed by atoms with Crippen molar-refractivity contribution in [2.24, 2.45) is 0 Å². The Kier molecular flexibility index (Phi) is 4.94. The molecule has 128 valence electrons. The Hall–Kier alpha value is -3.11. The summed E-state index contributed by atoms with van der Waals surface area (Å²) in [6.45, 7) is 0.570. The van der Waals surface area contributed by atoms with Crippen molar-refractivity contribution in [3.63, 3.8) is 0 Å². The molecule has 0 aliphatic heterocycles. The fraction of sp³-hybridized carbons (Fsp3) is 0.0455. The molecule has 26 heavy (non-hydrogen) atoms. The predicted octanol–water partition coefficient (Wildman–Crippen LogP) is 6.13. The molecule has 0 amide bonds. The van der Waals surface area contributed by atoms with Crippen molar-refractivity contribution in [1.29, 1.82) is 0 Å². The van der Waals surface area contributed by atoms with Gasteiger partial charge in [-0.05, 0) is 35.4 Å². The van der Waals surface area contributed by atoms with E-state index in [0.29, 0.717) is 6.61 Å². The molecule has 4 heteroatoms. The zero-order valence-corrected chi connectivity index (χ0v) is 14.9. The van der Waals surface area contributed by atoms with Crippen LogP contribution in [0.4, 0.5) is 10.8 Å². The Morgan fingerprint density at radius 1 is 0.808 bits per heavy atom. The Morgan fingerprint density at radius 2 is 1.50 bits per heavy atom. The number of hydrogen-bond donors (Lipinski definition) is 1. The van der Waals surface area contributed by atoms with E-state index in [1.165, 1.54) is 5.56 Å². The van der Waals surface area contributed by atoms with Gasteiger partial charge in [0.25, 0.3) is 0 Å². The van der Waals surface area contributed by atoms with Crippen LogP contribution in [0.2, 0.25) is 0 Å². The number of nitrogens with zero attached hydrogens (tertiary/aromatic N) is 1. The molecule has 0 aliphatic carbocycles. The quantitative estimate of drug-likeness (QED) is 0.450. The van der Waals surface area contributed by atoms with Crippen molar-refractivity contribution in [2.75, 3.05) is 5.32 Å². The fourth-order valence-electron chi connectivity index (χ4n) is 2.57. The molecule has 0 saturated heterocycles. The Morgan fingerprint density at radius 3 is 2.23 bits per heavy atom. The summed E-state index contributed by atoms with van der Waals surface area (Å²) >= 11 is 1.64. The SMILES string of the molecule is c1ccc(COc2ccc(Nc3ncc(-c4ccccc4)s3)cc2)cc1. The summed E-state index contributed by atoms with van der Waals surface area (Å²) in [7, 11) is 0. The molecule has 3 aromatic carbocycles. The van der Waals surface area contributed by atoms with E-state index >= 15 is 0 Å². The highest BCUT2D eigenvalue weighted by Crippen LogP contribution is 2.30. The number of nitrogens with one attached hydrogen (secondary N) is 1. The zero-order chi connectivity index (χ0) is 17.6. The number of rotatable bonds is 6. The van der Waals surface area contributed by atoms with Crippen LogP contribution in [-0.4, -0.2) is 4.98 Å². The third-order valence-corrected chi connectivity index (χ3v) is 4.88. The standard InChI is InChI=1S/C22H18N2OS/c1-3-7-17(8-4-1)16-25-20-13-11-19(12-14-20)24-22-23-15-21(26-22)18-9-5-2-6-10-18/h1-15H,16H2,(H,23,24). The molecule has 0 atom stereocenters. The van der Waals surface area contributed by atoms with Gasteiger partial charge < -0.3 is 10.1 Å². The van der Waals surface area contributed by atoms with Crippen molar-refractivity contribution >= 4 is 22.2 Å². The fourth-order valence-corrected chi connectivity index (χ4v) is 3.41. The summed E-state index contributed by atoms with van der Waals surface area (Å²) in [5.41, 5.74) is 3.33. The van der Waals surface area contributed by atoms with E-state index in [1.54, 1.807) is 11.3 Å². The van der Waals surface area contributed by atoms with Crippen molar-refractivity contribution in [3.05, 3.63) is 96.7 Å². The van der Waals surface area contributed by atoms with Crippen LogP contribution >= 0.6 is 11.3 Å². The molecule has 0 radical (unpaired) electrons. The molecule has 0 bridgehead atoms. The van der Waals surface area contributed by atoms with Gasteiger partial charge in [0.2, 0.25) is 0 Å². The van der Waals surface area contributed by atoms with Gasteiger partial charge in [0, 0.05) is 11.9 Å². The van der Waals surface area contributed by atoms with E-state index in [4.69, 9.17) is 4.74 Å². The van der Waals surface area contributed by atoms with E-state index in [9.17, 15) is 0 Å². The first-order valence-corrected chi connectivity index (χ1v) is 9.23. The van der Waals surface area contributed by atoms with Crippen molar-refractivity contribution in [3.8, 4) is 16.2 Å². The Balaban J connectivity index is 1.38. The normalized spacial score (nSPS) is 10.5. The van der Waals surface area contributed by atoms with Crippen LogP contribution in [0.15, 0.2) is 91.1 Å². The third-order valence-electron chi connectivity index (χ3n) is 3.92. The van der Waals surface area contributed by atoms with Crippen LogP contribution in [0.25, 0.3) is 10.4 Å². The monoisotopic (exact) mass is 358 g/mol. The van der Waals surface area contributed by atoms with E-state index in [2.05, 4.69) is 34.6 Å². The Labute approximate surface area is 156 Å². The minimum atomic E-state index is 0.570. The van der Waals surface area contributed by atoms with Crippen LogP contribution in [0, 0.1) is 0 Å². The van der Waals surface area contributed by atoms with E-state index in [1.807, 2.05) is 66.9 Å². The number of aromatic nitrogens is 1. The van der Waals surface area contributed by atoms with Gasteiger partial charge in [-0.2, -0.15) is 0 Å². The molecular weight excluding hydrogens is 340 g/mol. The second kappa shape index (κ2) is 7.85. The largest absolute Gasteiger partial charge is 0.489 e. The zero-order valence-electron chi connectivity index (χ0n) is 14.1. The minimum Gasteiger partial charge on any atom is -0.489 e. The molecule has 1 heterocycles. The van der Waals surface area contributed by atoms with Gasteiger partial charge in [-0.1, -0.05) is 72.0 Å². The van der Waals surface area contributed by atoms with Crippen LogP contribution in [0.5, 0.6) is 5.75 Å². The summed E-state index contributed by atoms with van der Waals surface area (Å²) in [5.74, 6) is 0.850. The molecule has 4 rings (SSSR count). The first kappa shape index (κ1) is 16.4. The summed E-state index contributed by atoms with van der Waals surface area (Å²) in [4.78, 5) is 5.61. The summed E-state index contributed by atoms with van der Waals surface area (Å²) in [6.07, 6.45) is 1.90. The van der Waals surface area contributed by atoms with Gasteiger partial charge in [-0.3, -0.25) is 0 Å². The lowest BCUT2D eigenvalue weighted by Crippen LogP contribution is -1.95. The van der Waals surface area contributed by atoms with Gasteiger partial charge in [-0.25, -0.2) is 4.98 Å². The lowest BCUT2D eigenvalue weighted by atomic mass is 10.2. The highest BCUT2D eigenvalue weighted by Gasteiger charge is 2.05. The van der Waals surface area contributed by atoms with Crippen molar-refractivity contribution < 1.29 is 4.74 Å². The topological polar surface area (TPSA) is 34.1 Å². The summed E-state index contributed by atoms with van der Waals surface area (Å²) < 4.78 is 5.82. The number of ether oxygens (including phenoxy) is 1. The third kappa shape index (κ3) is 4.10. The smallest absolute Gasteiger partial charge is 0.187 e. The van der Waals surface area contributed by atoms with Crippen LogP contribution in [0.3, 0.4) is 0 Å². The number of hydrogen-bond acceptors (Lipinski definition) is 4. The maximum atomic E-state index is 5.82. The molecule has 0 fully saturated rings. The average molecular weight is 358 g/mol. The van der Waals surface area contributed by atoms with Crippen LogP contribution < -0.4 is 10.1 Å². The minimum absolute atomic E-state index is 0.570. The van der Waals surface area contributed by atoms with E-state index in [-0.39, 0.29) is 0 Å². The maximum Gasteiger partial charge on any atom is 0.187 e. The number of anilines is 2. The van der Waals surface area contributed by atoms with Crippen molar-refractivity contribution in [2.45, 2.75) is 6.61 Å². The van der Waals surface area contributed by atoms with Crippen molar-refractivity contribution in [1.82, 2.24) is 4.98 Å².